The molecule has 5 nitrogen and oxygen atoms in total. The number of rotatable bonds is 2. The fourth-order valence-corrected chi connectivity index (χ4v) is 2.22. The Hall–Kier alpha value is -2.04. The van der Waals surface area contributed by atoms with Crippen molar-refractivity contribution in [2.45, 2.75) is 19.8 Å². The Morgan fingerprint density at radius 3 is 2.26 bits per heavy atom. The van der Waals surface area contributed by atoms with Gasteiger partial charge in [-0.2, -0.15) is 0 Å². The van der Waals surface area contributed by atoms with E-state index < -0.39 is 11.8 Å². The summed E-state index contributed by atoms with van der Waals surface area (Å²) in [7, 11) is 0. The van der Waals surface area contributed by atoms with Crippen LogP contribution in [0.1, 0.15) is 28.8 Å². The highest BCUT2D eigenvalue weighted by atomic mass is 16.5. The topological polar surface area (TPSA) is 72.8 Å². The van der Waals surface area contributed by atoms with Crippen LogP contribution in [-0.4, -0.2) is 30.1 Å². The lowest BCUT2D eigenvalue weighted by Crippen LogP contribution is -2.17. The van der Waals surface area contributed by atoms with Gasteiger partial charge in [-0.3, -0.25) is 4.79 Å². The third-order valence-corrected chi connectivity index (χ3v) is 3.75. The van der Waals surface area contributed by atoms with E-state index in [2.05, 4.69) is 0 Å². The van der Waals surface area contributed by atoms with E-state index in [1.807, 2.05) is 0 Å². The van der Waals surface area contributed by atoms with Crippen molar-refractivity contribution in [1.82, 2.24) is 0 Å². The Morgan fingerprint density at radius 2 is 1.74 bits per heavy atom. The van der Waals surface area contributed by atoms with Crippen molar-refractivity contribution in [2.75, 3.05) is 13.2 Å². The summed E-state index contributed by atoms with van der Waals surface area (Å²) in [5.41, 5.74) is 0.854. The molecular formula is C14H14O5. The first-order valence-corrected chi connectivity index (χ1v) is 6.19. The van der Waals surface area contributed by atoms with Crippen LogP contribution in [0.2, 0.25) is 0 Å². The molecule has 1 spiro atoms. The number of fused-ring (bicyclic) bond motifs is 1. The van der Waals surface area contributed by atoms with Crippen LogP contribution in [0.3, 0.4) is 0 Å². The normalized spacial score (nSPS) is 18.8. The highest BCUT2D eigenvalue weighted by molar-refractivity contribution is 6.40. The molecule has 1 fully saturated rings. The van der Waals surface area contributed by atoms with Crippen LogP contribution in [0.5, 0.6) is 11.5 Å². The van der Waals surface area contributed by atoms with E-state index in [0.29, 0.717) is 30.3 Å². The van der Waals surface area contributed by atoms with Gasteiger partial charge < -0.3 is 14.6 Å². The molecule has 19 heavy (non-hydrogen) atoms. The summed E-state index contributed by atoms with van der Waals surface area (Å²) >= 11 is 0. The number of ketones is 1. The van der Waals surface area contributed by atoms with Crippen molar-refractivity contribution in [1.29, 1.82) is 0 Å². The first-order chi connectivity index (χ1) is 9.01. The smallest absolute Gasteiger partial charge is 0.377 e. The van der Waals surface area contributed by atoms with Crippen LogP contribution in [0.15, 0.2) is 12.1 Å². The molecule has 0 radical (unpaired) electrons. The number of aliphatic carboxylic acids is 1. The maximum absolute atomic E-state index is 11.6. The molecule has 0 atom stereocenters. The first-order valence-electron chi connectivity index (χ1n) is 6.19. The standard InChI is InChI=1S/C14H14O5/c1-8-4-10-11(5-9(8)12(15)13(16)17)19-7-14(2-3-14)6-18-10/h4-5H,2-3,6-7H2,1H3,(H,16,17). The zero-order valence-electron chi connectivity index (χ0n) is 10.6. The van der Waals surface area contributed by atoms with Crippen molar-refractivity contribution in [3.8, 4) is 11.5 Å². The van der Waals surface area contributed by atoms with Gasteiger partial charge in [-0.1, -0.05) is 0 Å². The van der Waals surface area contributed by atoms with Crippen LogP contribution in [0.25, 0.3) is 0 Å². The Balaban J connectivity index is 1.97. The summed E-state index contributed by atoms with van der Waals surface area (Å²) in [6.07, 6.45) is 2.17. The van der Waals surface area contributed by atoms with Crippen molar-refractivity contribution >= 4 is 11.8 Å². The zero-order chi connectivity index (χ0) is 13.6. The molecule has 0 bridgehead atoms. The third kappa shape index (κ3) is 2.05. The molecule has 2 aliphatic rings. The predicted octanol–water partition coefficient (Wildman–Crippen LogP) is 1.81. The van der Waals surface area contributed by atoms with Crippen LogP contribution in [-0.2, 0) is 4.79 Å². The second-order valence-electron chi connectivity index (χ2n) is 5.33. The van der Waals surface area contributed by atoms with Gasteiger partial charge in [-0.25, -0.2) is 4.79 Å². The largest absolute Gasteiger partial charge is 0.489 e. The molecule has 1 aromatic rings. The lowest BCUT2D eigenvalue weighted by Gasteiger charge is -2.10. The Bertz CT molecular complexity index is 571. The Morgan fingerprint density at radius 1 is 1.16 bits per heavy atom. The quantitative estimate of drug-likeness (QED) is 0.650. The second kappa shape index (κ2) is 3.98. The number of aryl methyl sites for hydroxylation is 1. The van der Waals surface area contributed by atoms with Gasteiger partial charge >= 0.3 is 5.97 Å². The molecule has 1 aliphatic carbocycles. The van der Waals surface area contributed by atoms with Crippen LogP contribution in [0.4, 0.5) is 0 Å². The van der Waals surface area contributed by atoms with E-state index in [1.54, 1.807) is 13.0 Å². The minimum absolute atomic E-state index is 0.115. The molecule has 1 saturated carbocycles. The molecular weight excluding hydrogens is 248 g/mol. The average Bonchev–Trinajstić information content (AvgIpc) is 3.16. The lowest BCUT2D eigenvalue weighted by molar-refractivity contribution is -0.131. The molecule has 1 aliphatic heterocycles. The molecule has 1 N–H and O–H groups in total. The maximum atomic E-state index is 11.6. The zero-order valence-corrected chi connectivity index (χ0v) is 10.6. The van der Waals surface area contributed by atoms with E-state index in [4.69, 9.17) is 14.6 Å². The number of carboxylic acid groups (broad SMARTS) is 1. The minimum atomic E-state index is -1.46. The SMILES string of the molecule is Cc1cc2c(cc1C(=O)C(=O)O)OCC1(CC1)CO2. The number of Topliss-reactive ketones (excluding diaryl/α,β-unsaturated/α-hetero) is 1. The van der Waals surface area contributed by atoms with Gasteiger partial charge in [0.15, 0.2) is 11.5 Å². The van der Waals surface area contributed by atoms with Crippen LogP contribution < -0.4 is 9.47 Å². The molecule has 3 rings (SSSR count). The van der Waals surface area contributed by atoms with Gasteiger partial charge in [0.05, 0.1) is 13.2 Å². The lowest BCUT2D eigenvalue weighted by atomic mass is 10.0. The molecule has 100 valence electrons. The summed E-state index contributed by atoms with van der Waals surface area (Å²) in [6.45, 7) is 2.87. The van der Waals surface area contributed by atoms with Crippen molar-refractivity contribution in [3.63, 3.8) is 0 Å². The number of hydrogen-bond acceptors (Lipinski definition) is 4. The highest BCUT2D eigenvalue weighted by Gasteiger charge is 2.46. The molecule has 0 unspecified atom stereocenters. The van der Waals surface area contributed by atoms with E-state index >= 15 is 0 Å². The summed E-state index contributed by atoms with van der Waals surface area (Å²) in [6, 6.07) is 3.15. The van der Waals surface area contributed by atoms with E-state index in [1.165, 1.54) is 6.07 Å². The number of ether oxygens (including phenoxy) is 2. The Kier molecular flexibility index (Phi) is 2.52. The highest BCUT2D eigenvalue weighted by Crippen LogP contribution is 2.49. The molecule has 5 heteroatoms. The molecule has 0 saturated heterocycles. The number of carbonyl (C=O) groups excluding carboxylic acids is 1. The second-order valence-corrected chi connectivity index (χ2v) is 5.33. The summed E-state index contributed by atoms with van der Waals surface area (Å²) in [4.78, 5) is 22.4. The van der Waals surface area contributed by atoms with Gasteiger partial charge in [0.2, 0.25) is 0 Å². The van der Waals surface area contributed by atoms with Gasteiger partial charge in [0.25, 0.3) is 5.78 Å². The Labute approximate surface area is 110 Å². The molecule has 1 aromatic carbocycles. The fraction of sp³-hybridized carbons (Fsp3) is 0.429. The van der Waals surface area contributed by atoms with Crippen molar-refractivity contribution in [2.24, 2.45) is 5.41 Å². The minimum Gasteiger partial charge on any atom is -0.489 e. The summed E-state index contributed by atoms with van der Waals surface area (Å²) in [5, 5.41) is 8.79. The maximum Gasteiger partial charge on any atom is 0.377 e. The summed E-state index contributed by atoms with van der Waals surface area (Å²) < 4.78 is 11.4. The van der Waals surface area contributed by atoms with E-state index in [-0.39, 0.29) is 11.0 Å². The number of benzene rings is 1. The fourth-order valence-electron chi connectivity index (χ4n) is 2.22. The average molecular weight is 262 g/mol. The monoisotopic (exact) mass is 262 g/mol. The first kappa shape index (κ1) is 12.0. The van der Waals surface area contributed by atoms with Crippen LogP contribution >= 0.6 is 0 Å². The van der Waals surface area contributed by atoms with Gasteiger partial charge in [0.1, 0.15) is 0 Å². The van der Waals surface area contributed by atoms with Crippen molar-refractivity contribution < 1.29 is 24.2 Å². The van der Waals surface area contributed by atoms with Crippen molar-refractivity contribution in [3.05, 3.63) is 23.3 Å². The number of carboxylic acids is 1. The summed E-state index contributed by atoms with van der Waals surface area (Å²) in [5.74, 6) is -1.34. The molecule has 1 heterocycles. The predicted molar refractivity (Wildman–Crippen MR) is 65.8 cm³/mol. The number of hydrogen-bond donors (Lipinski definition) is 1. The van der Waals surface area contributed by atoms with E-state index in [9.17, 15) is 9.59 Å². The third-order valence-electron chi connectivity index (χ3n) is 3.75. The molecule has 0 aromatic heterocycles. The molecule has 0 amide bonds. The van der Waals surface area contributed by atoms with Gasteiger partial charge in [0, 0.05) is 11.0 Å². The van der Waals surface area contributed by atoms with Gasteiger partial charge in [-0.15, -0.1) is 0 Å². The van der Waals surface area contributed by atoms with E-state index in [0.717, 1.165) is 12.8 Å². The van der Waals surface area contributed by atoms with Gasteiger partial charge in [-0.05, 0) is 37.5 Å². The number of carbonyl (C=O) groups is 2. The van der Waals surface area contributed by atoms with Crippen LogP contribution in [0, 0.1) is 12.3 Å².